The van der Waals surface area contributed by atoms with Crippen molar-refractivity contribution in [3.05, 3.63) is 70.7 Å². The lowest BCUT2D eigenvalue weighted by Gasteiger charge is -2.12. The van der Waals surface area contributed by atoms with Gasteiger partial charge >= 0.3 is 0 Å². The number of anilines is 1. The van der Waals surface area contributed by atoms with Crippen molar-refractivity contribution in [1.29, 1.82) is 0 Å². The average Bonchev–Trinajstić information content (AvgIpc) is 2.58. The third kappa shape index (κ3) is 3.73. The smallest absolute Gasteiger partial charge is 0.258 e. The van der Waals surface area contributed by atoms with Crippen molar-refractivity contribution in [3.8, 4) is 5.75 Å². The number of fused-ring (bicyclic) bond motifs is 1. The van der Waals surface area contributed by atoms with Gasteiger partial charge in [0.1, 0.15) is 5.75 Å². The molecule has 3 rings (SSSR count). The highest BCUT2D eigenvalue weighted by atomic mass is 35.5. The van der Waals surface area contributed by atoms with Gasteiger partial charge in [-0.05, 0) is 54.4 Å². The zero-order valence-electron chi connectivity index (χ0n) is 13.3. The van der Waals surface area contributed by atoms with Gasteiger partial charge in [-0.15, -0.1) is 0 Å². The van der Waals surface area contributed by atoms with Crippen LogP contribution in [0.2, 0.25) is 5.02 Å². The van der Waals surface area contributed by atoms with E-state index in [-0.39, 0.29) is 16.8 Å². The second-order valence-electron chi connectivity index (χ2n) is 5.57. The number of phenolic OH excluding ortho intramolecular Hbond substituents is 1. The first-order chi connectivity index (χ1) is 12.0. The molecule has 3 aromatic rings. The Balaban J connectivity index is 1.82. The monoisotopic (exact) mass is 370 g/mol. The Hall–Kier alpha value is -2.63. The summed E-state index contributed by atoms with van der Waals surface area (Å²) in [6, 6.07) is 15.8. The Kier molecular flexibility index (Phi) is 4.88. The minimum absolute atomic E-state index is 0.0548. The number of nitrogens with one attached hydrogen (secondary N) is 2. The number of amides is 1. The van der Waals surface area contributed by atoms with Crippen LogP contribution in [-0.2, 0) is 0 Å². The van der Waals surface area contributed by atoms with Crippen molar-refractivity contribution < 1.29 is 9.90 Å². The quantitative estimate of drug-likeness (QED) is 0.454. The van der Waals surface area contributed by atoms with Gasteiger partial charge in [-0.3, -0.25) is 10.1 Å². The van der Waals surface area contributed by atoms with E-state index in [1.807, 2.05) is 19.1 Å². The van der Waals surface area contributed by atoms with Crippen molar-refractivity contribution >= 4 is 51.3 Å². The van der Waals surface area contributed by atoms with Crippen molar-refractivity contribution in [2.75, 3.05) is 5.32 Å². The topological polar surface area (TPSA) is 61.4 Å². The summed E-state index contributed by atoms with van der Waals surface area (Å²) in [6.45, 7) is 1.89. The standard InChI is InChI=1S/C19H15ClN2O2S/c1-11-8-9-17(23)16(10-11)21-19(25)22-18(24)14-6-2-5-13-12(14)4-3-7-15(13)20/h2-10,23H,1H3,(H2,21,22,24,25). The highest BCUT2D eigenvalue weighted by Gasteiger charge is 2.13. The fourth-order valence-corrected chi connectivity index (χ4v) is 2.98. The van der Waals surface area contributed by atoms with E-state index in [1.54, 1.807) is 42.5 Å². The zero-order valence-corrected chi connectivity index (χ0v) is 14.9. The highest BCUT2D eigenvalue weighted by Crippen LogP contribution is 2.26. The summed E-state index contributed by atoms with van der Waals surface area (Å²) >= 11 is 11.4. The molecule has 0 radical (unpaired) electrons. The molecule has 0 aliphatic heterocycles. The van der Waals surface area contributed by atoms with E-state index in [2.05, 4.69) is 10.6 Å². The van der Waals surface area contributed by atoms with Crippen LogP contribution in [0.5, 0.6) is 5.75 Å². The first-order valence-electron chi connectivity index (χ1n) is 7.55. The van der Waals surface area contributed by atoms with Gasteiger partial charge in [-0.25, -0.2) is 0 Å². The normalized spacial score (nSPS) is 10.5. The second kappa shape index (κ2) is 7.09. The molecule has 0 saturated heterocycles. The summed E-state index contributed by atoms with van der Waals surface area (Å²) < 4.78 is 0. The van der Waals surface area contributed by atoms with Gasteiger partial charge in [0.25, 0.3) is 5.91 Å². The van der Waals surface area contributed by atoms with E-state index < -0.39 is 0 Å². The predicted octanol–water partition coefficient (Wildman–Crippen LogP) is 4.63. The van der Waals surface area contributed by atoms with Crippen LogP contribution in [0, 0.1) is 6.92 Å². The van der Waals surface area contributed by atoms with E-state index in [0.717, 1.165) is 16.3 Å². The minimum atomic E-state index is -0.350. The van der Waals surface area contributed by atoms with E-state index >= 15 is 0 Å². The molecule has 6 heteroatoms. The first-order valence-corrected chi connectivity index (χ1v) is 8.33. The molecule has 1 amide bonds. The highest BCUT2D eigenvalue weighted by molar-refractivity contribution is 7.80. The third-order valence-electron chi connectivity index (χ3n) is 3.74. The molecule has 0 heterocycles. The minimum Gasteiger partial charge on any atom is -0.506 e. The molecular weight excluding hydrogens is 356 g/mol. The molecule has 25 heavy (non-hydrogen) atoms. The molecule has 0 aromatic heterocycles. The maximum atomic E-state index is 12.6. The van der Waals surface area contributed by atoms with Crippen LogP contribution in [0.15, 0.2) is 54.6 Å². The number of carbonyl (C=O) groups excluding carboxylic acids is 1. The van der Waals surface area contributed by atoms with E-state index in [1.165, 1.54) is 0 Å². The molecule has 3 N–H and O–H groups in total. The molecule has 126 valence electrons. The van der Waals surface area contributed by atoms with Crippen LogP contribution in [0.3, 0.4) is 0 Å². The molecule has 0 aliphatic rings. The molecule has 4 nitrogen and oxygen atoms in total. The fourth-order valence-electron chi connectivity index (χ4n) is 2.54. The number of thiocarbonyl (C=S) groups is 1. The lowest BCUT2D eigenvalue weighted by molar-refractivity contribution is 0.0979. The Morgan fingerprint density at radius 2 is 1.80 bits per heavy atom. The van der Waals surface area contributed by atoms with E-state index in [0.29, 0.717) is 16.3 Å². The summed E-state index contributed by atoms with van der Waals surface area (Å²) in [5.74, 6) is -0.295. The Bertz CT molecular complexity index is 988. The molecule has 0 bridgehead atoms. The van der Waals surface area contributed by atoms with Crippen LogP contribution >= 0.6 is 23.8 Å². The van der Waals surface area contributed by atoms with Gasteiger partial charge in [-0.2, -0.15) is 0 Å². The molecular formula is C19H15ClN2O2S. The lowest BCUT2D eigenvalue weighted by Crippen LogP contribution is -2.34. The van der Waals surface area contributed by atoms with Crippen molar-refractivity contribution in [3.63, 3.8) is 0 Å². The summed E-state index contributed by atoms with van der Waals surface area (Å²) in [6.07, 6.45) is 0. The van der Waals surface area contributed by atoms with Gasteiger partial charge < -0.3 is 10.4 Å². The van der Waals surface area contributed by atoms with E-state index in [4.69, 9.17) is 23.8 Å². The van der Waals surface area contributed by atoms with Crippen LogP contribution in [-0.4, -0.2) is 16.1 Å². The largest absolute Gasteiger partial charge is 0.506 e. The van der Waals surface area contributed by atoms with Crippen LogP contribution in [0.4, 0.5) is 5.69 Å². The summed E-state index contributed by atoms with van der Waals surface area (Å²) in [5, 5.41) is 17.5. The summed E-state index contributed by atoms with van der Waals surface area (Å²) in [7, 11) is 0. The molecule has 0 unspecified atom stereocenters. The number of benzene rings is 3. The number of rotatable bonds is 2. The molecule has 0 spiro atoms. The number of hydrogen-bond donors (Lipinski definition) is 3. The van der Waals surface area contributed by atoms with Crippen LogP contribution < -0.4 is 10.6 Å². The number of halogens is 1. The van der Waals surface area contributed by atoms with E-state index in [9.17, 15) is 9.90 Å². The molecule has 3 aromatic carbocycles. The van der Waals surface area contributed by atoms with Gasteiger partial charge in [-0.1, -0.05) is 41.9 Å². The number of carbonyl (C=O) groups is 1. The number of aromatic hydroxyl groups is 1. The Morgan fingerprint density at radius 1 is 1.08 bits per heavy atom. The number of hydrogen-bond acceptors (Lipinski definition) is 3. The fraction of sp³-hybridized carbons (Fsp3) is 0.0526. The SMILES string of the molecule is Cc1ccc(O)c(NC(=S)NC(=O)c2cccc3c(Cl)cccc23)c1. The van der Waals surface area contributed by atoms with Gasteiger partial charge in [0, 0.05) is 16.0 Å². The maximum absolute atomic E-state index is 12.6. The van der Waals surface area contributed by atoms with Gasteiger partial charge in [0.15, 0.2) is 5.11 Å². The molecule has 0 saturated carbocycles. The first kappa shape index (κ1) is 17.2. The van der Waals surface area contributed by atoms with Crippen LogP contribution in [0.25, 0.3) is 10.8 Å². The Morgan fingerprint density at radius 3 is 2.60 bits per heavy atom. The maximum Gasteiger partial charge on any atom is 0.258 e. The Labute approximate surface area is 155 Å². The second-order valence-corrected chi connectivity index (χ2v) is 6.38. The molecule has 0 atom stereocenters. The predicted molar refractivity (Wildman–Crippen MR) is 105 cm³/mol. The van der Waals surface area contributed by atoms with Crippen molar-refractivity contribution in [2.24, 2.45) is 0 Å². The van der Waals surface area contributed by atoms with Crippen molar-refractivity contribution in [2.45, 2.75) is 6.92 Å². The van der Waals surface area contributed by atoms with Crippen LogP contribution in [0.1, 0.15) is 15.9 Å². The van der Waals surface area contributed by atoms with Gasteiger partial charge in [0.2, 0.25) is 0 Å². The number of aryl methyl sites for hydroxylation is 1. The number of phenols is 1. The lowest BCUT2D eigenvalue weighted by atomic mass is 10.0. The molecule has 0 aliphatic carbocycles. The molecule has 0 fully saturated rings. The third-order valence-corrected chi connectivity index (χ3v) is 4.27. The summed E-state index contributed by atoms with van der Waals surface area (Å²) in [5.41, 5.74) is 1.86. The zero-order chi connectivity index (χ0) is 18.0. The van der Waals surface area contributed by atoms with Gasteiger partial charge in [0.05, 0.1) is 5.69 Å². The van der Waals surface area contributed by atoms with Crippen molar-refractivity contribution in [1.82, 2.24) is 5.32 Å². The average molecular weight is 371 g/mol. The summed E-state index contributed by atoms with van der Waals surface area (Å²) in [4.78, 5) is 12.6.